The predicted octanol–water partition coefficient (Wildman–Crippen LogP) is 3.47. The van der Waals surface area contributed by atoms with E-state index in [9.17, 15) is 0 Å². The minimum absolute atomic E-state index is 0. The lowest BCUT2D eigenvalue weighted by Gasteiger charge is -2.55. The molecular weight excluding hydrogens is 475 g/mol. The number of hydrogen-bond donors (Lipinski definition) is 1. The third-order valence-electron chi connectivity index (χ3n) is 6.35. The largest absolute Gasteiger partial charge is 0.377 e. The molecule has 27 heavy (non-hydrogen) atoms. The fraction of sp³-hybridized carbons (Fsp3) is 0.650. The summed E-state index contributed by atoms with van der Waals surface area (Å²) in [6, 6.07) is 8.56. The number of anilines is 1. The minimum Gasteiger partial charge on any atom is -0.377 e. The van der Waals surface area contributed by atoms with Gasteiger partial charge in [-0.2, -0.15) is 0 Å². The highest BCUT2D eigenvalue weighted by molar-refractivity contribution is 14.0. The number of rotatable bonds is 2. The molecule has 7 heteroatoms. The summed E-state index contributed by atoms with van der Waals surface area (Å²) in [5.41, 5.74) is 1.37. The summed E-state index contributed by atoms with van der Waals surface area (Å²) < 4.78 is 5.92. The van der Waals surface area contributed by atoms with Gasteiger partial charge in [-0.15, -0.1) is 24.0 Å². The summed E-state index contributed by atoms with van der Waals surface area (Å²) in [7, 11) is 1.89. The first-order valence-electron chi connectivity index (χ1n) is 9.61. The molecule has 1 aromatic carbocycles. The van der Waals surface area contributed by atoms with Gasteiger partial charge < -0.3 is 19.9 Å². The van der Waals surface area contributed by atoms with Crippen LogP contribution < -0.4 is 10.2 Å². The number of guanidine groups is 1. The van der Waals surface area contributed by atoms with Crippen molar-refractivity contribution >= 4 is 47.2 Å². The van der Waals surface area contributed by atoms with Crippen LogP contribution in [0.1, 0.15) is 20.3 Å². The van der Waals surface area contributed by atoms with E-state index in [2.05, 4.69) is 40.0 Å². The Balaban J connectivity index is 0.00000210. The minimum atomic E-state index is 0. The summed E-state index contributed by atoms with van der Waals surface area (Å²) in [5.74, 6) is 1.65. The van der Waals surface area contributed by atoms with Gasteiger partial charge in [-0.3, -0.25) is 4.99 Å². The summed E-state index contributed by atoms with van der Waals surface area (Å²) in [6.45, 7) is 9.39. The molecule has 150 valence electrons. The Morgan fingerprint density at radius 3 is 2.67 bits per heavy atom. The number of fused-ring (bicyclic) bond motifs is 1. The van der Waals surface area contributed by atoms with Crippen molar-refractivity contribution in [2.45, 2.75) is 32.4 Å². The van der Waals surface area contributed by atoms with Crippen LogP contribution in [0.4, 0.5) is 5.69 Å². The highest BCUT2D eigenvalue weighted by atomic mass is 127. The van der Waals surface area contributed by atoms with E-state index in [-0.39, 0.29) is 29.4 Å². The quantitative estimate of drug-likeness (QED) is 0.380. The van der Waals surface area contributed by atoms with Crippen molar-refractivity contribution in [3.63, 3.8) is 0 Å². The first-order valence-corrected chi connectivity index (χ1v) is 9.99. The van der Waals surface area contributed by atoms with E-state index in [4.69, 9.17) is 16.3 Å². The molecule has 1 aliphatic carbocycles. The number of halogens is 2. The van der Waals surface area contributed by atoms with Gasteiger partial charge in [-0.05, 0) is 24.6 Å². The number of nitrogens with zero attached hydrogens (tertiary/aromatic N) is 3. The molecule has 0 radical (unpaired) electrons. The summed E-state index contributed by atoms with van der Waals surface area (Å²) in [6.07, 6.45) is 1.56. The number of benzene rings is 1. The van der Waals surface area contributed by atoms with Crippen molar-refractivity contribution in [1.82, 2.24) is 10.2 Å². The Bertz CT molecular complexity index is 690. The van der Waals surface area contributed by atoms with E-state index < -0.39 is 0 Å². The van der Waals surface area contributed by atoms with Crippen LogP contribution in [-0.4, -0.2) is 62.8 Å². The van der Waals surface area contributed by atoms with Gasteiger partial charge in [0.05, 0.1) is 6.10 Å². The molecule has 3 fully saturated rings. The average Bonchev–Trinajstić information content (AvgIpc) is 3.10. The molecule has 0 bridgehead atoms. The second-order valence-electron chi connectivity index (χ2n) is 8.19. The monoisotopic (exact) mass is 504 g/mol. The Kier molecular flexibility index (Phi) is 6.48. The highest BCUT2D eigenvalue weighted by Crippen LogP contribution is 2.52. The van der Waals surface area contributed by atoms with Crippen molar-refractivity contribution < 1.29 is 4.74 Å². The highest BCUT2D eigenvalue weighted by Gasteiger charge is 2.59. The third kappa shape index (κ3) is 3.90. The van der Waals surface area contributed by atoms with Crippen molar-refractivity contribution in [2.75, 3.05) is 44.7 Å². The molecule has 1 saturated carbocycles. The number of ether oxygens (including phenoxy) is 1. The van der Waals surface area contributed by atoms with E-state index in [0.717, 1.165) is 50.2 Å². The van der Waals surface area contributed by atoms with E-state index in [1.165, 1.54) is 5.69 Å². The van der Waals surface area contributed by atoms with Gasteiger partial charge in [0.2, 0.25) is 0 Å². The predicted molar refractivity (Wildman–Crippen MR) is 123 cm³/mol. The van der Waals surface area contributed by atoms with Gasteiger partial charge in [0.25, 0.3) is 0 Å². The Morgan fingerprint density at radius 2 is 2.00 bits per heavy atom. The van der Waals surface area contributed by atoms with E-state index in [0.29, 0.717) is 18.1 Å². The topological polar surface area (TPSA) is 40.1 Å². The molecule has 2 aliphatic heterocycles. The van der Waals surface area contributed by atoms with Crippen LogP contribution in [0.5, 0.6) is 0 Å². The van der Waals surface area contributed by atoms with Gasteiger partial charge in [0.1, 0.15) is 0 Å². The SMILES string of the molecule is CN=C(NC1C2CCOC2C1(C)C)N1CCN(c2cccc(Cl)c2)CC1.I. The fourth-order valence-electron chi connectivity index (χ4n) is 4.90. The molecule has 1 aromatic rings. The number of hydrogen-bond acceptors (Lipinski definition) is 3. The van der Waals surface area contributed by atoms with Crippen molar-refractivity contribution in [1.29, 1.82) is 0 Å². The van der Waals surface area contributed by atoms with Gasteiger partial charge in [-0.25, -0.2) is 0 Å². The first kappa shape index (κ1) is 21.0. The van der Waals surface area contributed by atoms with Crippen LogP contribution in [0.25, 0.3) is 0 Å². The van der Waals surface area contributed by atoms with Crippen molar-refractivity contribution in [3.05, 3.63) is 29.3 Å². The number of nitrogens with one attached hydrogen (secondary N) is 1. The lowest BCUT2D eigenvalue weighted by Crippen LogP contribution is -2.68. The molecule has 3 atom stereocenters. The second-order valence-corrected chi connectivity index (χ2v) is 8.62. The van der Waals surface area contributed by atoms with E-state index >= 15 is 0 Å². The molecule has 0 amide bonds. The molecule has 4 rings (SSSR count). The maximum atomic E-state index is 6.14. The standard InChI is InChI=1S/C20H29ClN4O.HI/c1-20(2)17(16-7-12-26-18(16)20)23-19(22-3)25-10-8-24(9-11-25)15-6-4-5-14(21)13-15;/h4-6,13,16-18H,7-12H2,1-3H3,(H,22,23);1H. The van der Waals surface area contributed by atoms with Crippen LogP contribution in [-0.2, 0) is 4.74 Å². The zero-order valence-electron chi connectivity index (χ0n) is 16.3. The average molecular weight is 505 g/mol. The molecule has 2 saturated heterocycles. The zero-order valence-corrected chi connectivity index (χ0v) is 19.4. The van der Waals surface area contributed by atoms with Crippen LogP contribution in [0.3, 0.4) is 0 Å². The summed E-state index contributed by atoms with van der Waals surface area (Å²) >= 11 is 6.14. The number of aliphatic imine (C=N–C) groups is 1. The van der Waals surface area contributed by atoms with Gasteiger partial charge in [0.15, 0.2) is 5.96 Å². The Labute approximate surface area is 184 Å². The Hall–Kier alpha value is -0.730. The van der Waals surface area contributed by atoms with Crippen LogP contribution in [0, 0.1) is 11.3 Å². The summed E-state index contributed by atoms with van der Waals surface area (Å²) in [5, 5.41) is 4.55. The Morgan fingerprint density at radius 1 is 1.26 bits per heavy atom. The van der Waals surface area contributed by atoms with Gasteiger partial charge >= 0.3 is 0 Å². The van der Waals surface area contributed by atoms with Crippen LogP contribution >= 0.6 is 35.6 Å². The van der Waals surface area contributed by atoms with Gasteiger partial charge in [0, 0.05) is 67.9 Å². The molecular formula is C20H30ClIN4O. The maximum absolute atomic E-state index is 6.14. The van der Waals surface area contributed by atoms with Crippen LogP contribution in [0.15, 0.2) is 29.3 Å². The maximum Gasteiger partial charge on any atom is 0.194 e. The molecule has 5 nitrogen and oxygen atoms in total. The third-order valence-corrected chi connectivity index (χ3v) is 6.58. The first-order chi connectivity index (χ1) is 12.5. The van der Waals surface area contributed by atoms with Gasteiger partial charge in [-0.1, -0.05) is 31.5 Å². The molecule has 3 aliphatic rings. The fourth-order valence-corrected chi connectivity index (χ4v) is 5.09. The van der Waals surface area contributed by atoms with E-state index in [1.807, 2.05) is 25.2 Å². The lowest BCUT2D eigenvalue weighted by molar-refractivity contribution is -0.107. The second kappa shape index (κ2) is 8.33. The number of piperazine rings is 1. The molecule has 0 aromatic heterocycles. The zero-order chi connectivity index (χ0) is 18.3. The molecule has 0 spiro atoms. The summed E-state index contributed by atoms with van der Waals surface area (Å²) in [4.78, 5) is 9.34. The normalized spacial score (nSPS) is 29.6. The lowest BCUT2D eigenvalue weighted by atomic mass is 9.57. The molecule has 3 unspecified atom stereocenters. The van der Waals surface area contributed by atoms with Crippen molar-refractivity contribution in [2.24, 2.45) is 16.3 Å². The van der Waals surface area contributed by atoms with E-state index in [1.54, 1.807) is 0 Å². The smallest absolute Gasteiger partial charge is 0.194 e. The molecule has 2 heterocycles. The molecule has 1 N–H and O–H groups in total. The van der Waals surface area contributed by atoms with Crippen LogP contribution in [0.2, 0.25) is 5.02 Å². The van der Waals surface area contributed by atoms with Crippen molar-refractivity contribution in [3.8, 4) is 0 Å².